The summed E-state index contributed by atoms with van der Waals surface area (Å²) in [7, 11) is 0. The normalized spacial score (nSPS) is 11.1. The van der Waals surface area contributed by atoms with Crippen molar-refractivity contribution in [2.24, 2.45) is 5.84 Å². The molecule has 5 nitrogen and oxygen atoms in total. The van der Waals surface area contributed by atoms with E-state index in [1.54, 1.807) is 34.4 Å². The van der Waals surface area contributed by atoms with Crippen molar-refractivity contribution in [3.63, 3.8) is 0 Å². The van der Waals surface area contributed by atoms with Gasteiger partial charge in [0.15, 0.2) is 10.2 Å². The average Bonchev–Trinajstić information content (AvgIpc) is 3.03. The van der Waals surface area contributed by atoms with Crippen molar-refractivity contribution in [3.05, 3.63) is 28.3 Å². The van der Waals surface area contributed by atoms with Gasteiger partial charge < -0.3 is 5.43 Å². The molecule has 3 aromatic heterocycles. The molecule has 0 unspecified atom stereocenters. The van der Waals surface area contributed by atoms with Crippen molar-refractivity contribution in [2.75, 3.05) is 5.43 Å². The van der Waals surface area contributed by atoms with E-state index >= 15 is 0 Å². The van der Waals surface area contributed by atoms with Crippen LogP contribution in [0.15, 0.2) is 21.2 Å². The molecule has 0 saturated heterocycles. The van der Waals surface area contributed by atoms with Crippen LogP contribution in [0.5, 0.6) is 0 Å². The number of nitrogens with zero attached hydrogens (tertiary/aromatic N) is 3. The van der Waals surface area contributed by atoms with Crippen molar-refractivity contribution in [1.29, 1.82) is 0 Å². The number of rotatable bonds is 4. The first-order valence-corrected chi connectivity index (χ1v) is 8.26. The van der Waals surface area contributed by atoms with Crippen LogP contribution < -0.4 is 11.3 Å². The van der Waals surface area contributed by atoms with E-state index in [-0.39, 0.29) is 0 Å². The fourth-order valence-corrected chi connectivity index (χ4v) is 4.09. The fourth-order valence-electron chi connectivity index (χ4n) is 1.60. The highest BCUT2D eigenvalue weighted by molar-refractivity contribution is 8.00. The molecule has 0 aliphatic heterocycles. The van der Waals surface area contributed by atoms with Crippen molar-refractivity contribution >= 4 is 50.5 Å². The highest BCUT2D eigenvalue weighted by atomic mass is 32.2. The second kappa shape index (κ2) is 5.41. The van der Waals surface area contributed by atoms with Gasteiger partial charge >= 0.3 is 0 Å². The monoisotopic (exact) mass is 309 g/mol. The Balaban J connectivity index is 1.84. The molecule has 0 radical (unpaired) electrons. The third-order valence-electron chi connectivity index (χ3n) is 2.43. The summed E-state index contributed by atoms with van der Waals surface area (Å²) >= 11 is 4.87. The smallest absolute Gasteiger partial charge is 0.152 e. The molecule has 0 amide bonds. The maximum Gasteiger partial charge on any atom is 0.152 e. The maximum absolute atomic E-state index is 5.50. The molecule has 0 spiro atoms. The number of thiazole rings is 1. The lowest BCUT2D eigenvalue weighted by molar-refractivity contribution is 1.06. The molecule has 19 heavy (non-hydrogen) atoms. The fraction of sp³-hybridized carbons (Fsp3) is 0.182. The number of nitrogens with two attached hydrogens (primary N) is 1. The molecule has 0 aliphatic rings. The summed E-state index contributed by atoms with van der Waals surface area (Å²) in [6, 6.07) is 1.97. The van der Waals surface area contributed by atoms with Crippen LogP contribution in [0.2, 0.25) is 0 Å². The molecule has 0 saturated carbocycles. The Labute approximate surface area is 122 Å². The van der Waals surface area contributed by atoms with Gasteiger partial charge in [-0.3, -0.25) is 0 Å². The van der Waals surface area contributed by atoms with Crippen LogP contribution in [0.25, 0.3) is 10.2 Å². The molecule has 0 atom stereocenters. The zero-order chi connectivity index (χ0) is 13.2. The Kier molecular flexibility index (Phi) is 3.65. The van der Waals surface area contributed by atoms with E-state index in [0.29, 0.717) is 11.6 Å². The predicted molar refractivity (Wildman–Crippen MR) is 81.6 cm³/mol. The first-order chi connectivity index (χ1) is 9.26. The highest BCUT2D eigenvalue weighted by Crippen LogP contribution is 2.28. The van der Waals surface area contributed by atoms with Gasteiger partial charge in [-0.2, -0.15) is 0 Å². The van der Waals surface area contributed by atoms with Crippen molar-refractivity contribution < 1.29 is 0 Å². The third-order valence-corrected chi connectivity index (χ3v) is 5.37. The number of aromatic nitrogens is 3. The van der Waals surface area contributed by atoms with E-state index in [9.17, 15) is 0 Å². The van der Waals surface area contributed by atoms with Crippen LogP contribution in [0.3, 0.4) is 0 Å². The van der Waals surface area contributed by atoms with Crippen molar-refractivity contribution in [1.82, 2.24) is 15.0 Å². The maximum atomic E-state index is 5.50. The van der Waals surface area contributed by atoms with Crippen LogP contribution in [0, 0.1) is 6.92 Å². The number of fused-ring (bicyclic) bond motifs is 1. The number of thiophene rings is 1. The van der Waals surface area contributed by atoms with Crippen LogP contribution in [-0.4, -0.2) is 15.0 Å². The van der Waals surface area contributed by atoms with Gasteiger partial charge in [0, 0.05) is 11.1 Å². The first-order valence-electron chi connectivity index (χ1n) is 5.52. The number of nitrogen functional groups attached to an aromatic ring is 1. The number of anilines is 1. The second-order valence-corrected chi connectivity index (χ2v) is 6.79. The standard InChI is InChI=1S/C11H11N5S3/c1-6-4-18-11(13-6)19-5-8-14-9(16-12)7-2-3-17-10(7)15-8/h2-4H,5,12H2,1H3,(H,14,15,16). The van der Waals surface area contributed by atoms with Gasteiger partial charge in [-0.15, -0.1) is 22.7 Å². The quantitative estimate of drug-likeness (QED) is 0.438. The number of hydrogen-bond donors (Lipinski definition) is 2. The van der Waals surface area contributed by atoms with E-state index in [1.165, 1.54) is 0 Å². The van der Waals surface area contributed by atoms with Gasteiger partial charge in [-0.1, -0.05) is 11.8 Å². The molecular formula is C11H11N5S3. The number of nitrogens with one attached hydrogen (secondary N) is 1. The van der Waals surface area contributed by atoms with E-state index in [4.69, 9.17) is 5.84 Å². The second-order valence-electron chi connectivity index (χ2n) is 3.82. The molecule has 8 heteroatoms. The summed E-state index contributed by atoms with van der Waals surface area (Å²) in [4.78, 5) is 14.3. The number of thioether (sulfide) groups is 1. The Hall–Kier alpha value is -1.22. The zero-order valence-electron chi connectivity index (χ0n) is 10.1. The molecule has 98 valence electrons. The van der Waals surface area contributed by atoms with Crippen LogP contribution in [0.1, 0.15) is 11.5 Å². The van der Waals surface area contributed by atoms with Gasteiger partial charge in [0.2, 0.25) is 0 Å². The van der Waals surface area contributed by atoms with E-state index in [1.807, 2.05) is 23.8 Å². The Morgan fingerprint density at radius 2 is 2.21 bits per heavy atom. The highest BCUT2D eigenvalue weighted by Gasteiger charge is 2.09. The molecule has 3 aromatic rings. The number of hydrazine groups is 1. The van der Waals surface area contributed by atoms with Gasteiger partial charge in [0.1, 0.15) is 10.7 Å². The molecule has 0 aromatic carbocycles. The lowest BCUT2D eigenvalue weighted by atomic mass is 10.4. The van der Waals surface area contributed by atoms with Gasteiger partial charge in [-0.05, 0) is 18.4 Å². The Morgan fingerprint density at radius 1 is 1.32 bits per heavy atom. The van der Waals surface area contributed by atoms with Crippen LogP contribution in [-0.2, 0) is 5.75 Å². The first kappa shape index (κ1) is 12.8. The number of hydrogen-bond acceptors (Lipinski definition) is 8. The lowest BCUT2D eigenvalue weighted by Crippen LogP contribution is -2.10. The van der Waals surface area contributed by atoms with E-state index in [2.05, 4.69) is 20.4 Å². The van der Waals surface area contributed by atoms with Crippen molar-refractivity contribution in [2.45, 2.75) is 17.0 Å². The van der Waals surface area contributed by atoms with Gasteiger partial charge in [0.05, 0.1) is 11.1 Å². The molecule has 0 fully saturated rings. The van der Waals surface area contributed by atoms with E-state index in [0.717, 1.165) is 26.1 Å². The topological polar surface area (TPSA) is 76.7 Å². The SMILES string of the molecule is Cc1csc(SCc2nc(NN)c3ccsc3n2)n1. The van der Waals surface area contributed by atoms with Crippen LogP contribution >= 0.6 is 34.4 Å². The molecule has 0 bridgehead atoms. The molecule has 0 aliphatic carbocycles. The summed E-state index contributed by atoms with van der Waals surface area (Å²) in [6.07, 6.45) is 0. The summed E-state index contributed by atoms with van der Waals surface area (Å²) < 4.78 is 1.04. The summed E-state index contributed by atoms with van der Waals surface area (Å²) in [5.74, 6) is 7.63. The minimum atomic E-state index is 0.678. The summed E-state index contributed by atoms with van der Waals surface area (Å²) in [5, 5.41) is 4.99. The Morgan fingerprint density at radius 3 is 2.95 bits per heavy atom. The average molecular weight is 309 g/mol. The number of aryl methyl sites for hydroxylation is 1. The lowest BCUT2D eigenvalue weighted by Gasteiger charge is -2.04. The summed E-state index contributed by atoms with van der Waals surface area (Å²) in [5.41, 5.74) is 3.68. The van der Waals surface area contributed by atoms with Crippen molar-refractivity contribution in [3.8, 4) is 0 Å². The molecular weight excluding hydrogens is 298 g/mol. The third kappa shape index (κ3) is 2.71. The Bertz CT molecular complexity index is 705. The molecule has 3 heterocycles. The zero-order valence-corrected chi connectivity index (χ0v) is 12.5. The molecule has 3 N–H and O–H groups in total. The van der Waals surface area contributed by atoms with Gasteiger partial charge in [-0.25, -0.2) is 20.8 Å². The predicted octanol–water partition coefficient (Wildman–Crippen LogP) is 3.03. The van der Waals surface area contributed by atoms with Crippen LogP contribution in [0.4, 0.5) is 5.82 Å². The largest absolute Gasteiger partial charge is 0.308 e. The molecule has 3 rings (SSSR count). The minimum Gasteiger partial charge on any atom is -0.308 e. The summed E-state index contributed by atoms with van der Waals surface area (Å²) in [6.45, 7) is 1.99. The minimum absolute atomic E-state index is 0.678. The van der Waals surface area contributed by atoms with Gasteiger partial charge in [0.25, 0.3) is 0 Å². The van der Waals surface area contributed by atoms with E-state index < -0.39 is 0 Å².